The molecule has 1 aliphatic heterocycles. The van der Waals surface area contributed by atoms with E-state index in [1.807, 2.05) is 0 Å². The average Bonchev–Trinajstić information content (AvgIpc) is 3.37. The minimum absolute atomic E-state index is 0.0975. The van der Waals surface area contributed by atoms with Crippen LogP contribution in [0.1, 0.15) is 36.3 Å². The standard InChI is InChI=1S/C24H25F2N5O3/c25-13-7-8-14(17(26)10-13)16-11-19(16)30-24(34)20-6-3-9-31(20)21(32)12-29-18-5-2-1-4-15(18)22(27)23(28)33/h1-2,4-5,7-8,10,16,19-20,27,29H,3,6,9,11-12H2,(H2,28,33)(H,30,34)/p+1/t16?,19?,20-/m0/s1. The second-order valence-electron chi connectivity index (χ2n) is 8.55. The minimum atomic E-state index is -0.768. The summed E-state index contributed by atoms with van der Waals surface area (Å²) in [4.78, 5) is 38.7. The Morgan fingerprint density at radius 2 is 1.91 bits per heavy atom. The van der Waals surface area contributed by atoms with E-state index in [0.717, 1.165) is 6.07 Å². The number of halogens is 2. The molecule has 0 spiro atoms. The molecule has 1 aliphatic carbocycles. The molecule has 3 amide bonds. The highest BCUT2D eigenvalue weighted by Gasteiger charge is 2.43. The van der Waals surface area contributed by atoms with Gasteiger partial charge in [0.15, 0.2) is 0 Å². The van der Waals surface area contributed by atoms with E-state index in [0.29, 0.717) is 42.6 Å². The first kappa shape index (κ1) is 23.3. The summed E-state index contributed by atoms with van der Waals surface area (Å²) in [5.74, 6) is -2.81. The summed E-state index contributed by atoms with van der Waals surface area (Å²) in [5.41, 5.74) is 6.40. The van der Waals surface area contributed by atoms with Crippen molar-refractivity contribution in [3.8, 4) is 0 Å². The van der Waals surface area contributed by atoms with Crippen molar-refractivity contribution >= 4 is 29.1 Å². The highest BCUT2D eigenvalue weighted by molar-refractivity contribution is 6.43. The second-order valence-corrected chi connectivity index (χ2v) is 8.55. The van der Waals surface area contributed by atoms with Crippen LogP contribution in [0.4, 0.5) is 14.5 Å². The van der Waals surface area contributed by atoms with Crippen molar-refractivity contribution in [2.75, 3.05) is 18.4 Å². The van der Waals surface area contributed by atoms with E-state index in [2.05, 4.69) is 10.6 Å². The largest absolute Gasteiger partial charge is 0.375 e. The number of nitrogens with one attached hydrogen (secondary N) is 2. The van der Waals surface area contributed by atoms with Gasteiger partial charge in [0.1, 0.15) is 17.7 Å². The number of carbonyl (C=O) groups is 3. The smallest absolute Gasteiger partial charge is 0.313 e. The SMILES string of the molecule is NC(=O)C(=[NH2+])c1ccccc1NCC(=O)N1CCC[C@H]1C(=O)NC1CC1c1ccc(F)cc1F. The fourth-order valence-corrected chi connectivity index (χ4v) is 4.39. The lowest BCUT2D eigenvalue weighted by atomic mass is 10.1. The highest BCUT2D eigenvalue weighted by Crippen LogP contribution is 2.42. The number of primary amides is 1. The number of hydrogen-bond donors (Lipinski definition) is 4. The molecule has 2 aromatic carbocycles. The Labute approximate surface area is 195 Å². The van der Waals surface area contributed by atoms with Crippen LogP contribution in [0.25, 0.3) is 0 Å². The lowest BCUT2D eigenvalue weighted by Crippen LogP contribution is -2.49. The van der Waals surface area contributed by atoms with Crippen molar-refractivity contribution in [3.05, 3.63) is 65.2 Å². The summed E-state index contributed by atoms with van der Waals surface area (Å²) in [5, 5.41) is 11.6. The predicted molar refractivity (Wildman–Crippen MR) is 121 cm³/mol. The van der Waals surface area contributed by atoms with Gasteiger partial charge in [-0.3, -0.25) is 14.4 Å². The van der Waals surface area contributed by atoms with Crippen molar-refractivity contribution < 1.29 is 28.6 Å². The van der Waals surface area contributed by atoms with Gasteiger partial charge in [-0.2, -0.15) is 0 Å². The first-order valence-corrected chi connectivity index (χ1v) is 11.1. The molecule has 2 aromatic rings. The van der Waals surface area contributed by atoms with Crippen molar-refractivity contribution in [1.29, 1.82) is 0 Å². The van der Waals surface area contributed by atoms with E-state index in [9.17, 15) is 23.2 Å². The average molecular weight is 471 g/mol. The number of nitrogens with two attached hydrogens (primary N) is 2. The number of nitrogens with zero attached hydrogens (tertiary/aromatic N) is 1. The lowest BCUT2D eigenvalue weighted by Gasteiger charge is -2.24. The number of para-hydroxylation sites is 1. The van der Waals surface area contributed by atoms with Crippen LogP contribution in [0.15, 0.2) is 42.5 Å². The Balaban J connectivity index is 1.35. The Morgan fingerprint density at radius 3 is 2.65 bits per heavy atom. The normalized spacial score (nSPS) is 21.1. The van der Waals surface area contributed by atoms with Gasteiger partial charge in [0, 0.05) is 30.3 Å². The zero-order chi connectivity index (χ0) is 24.4. The van der Waals surface area contributed by atoms with Crippen molar-refractivity contribution in [2.24, 2.45) is 5.73 Å². The monoisotopic (exact) mass is 470 g/mol. The molecule has 0 radical (unpaired) electrons. The second kappa shape index (κ2) is 9.58. The number of anilines is 1. The molecule has 6 N–H and O–H groups in total. The number of rotatable bonds is 8. The molecule has 2 fully saturated rings. The Kier molecular flexibility index (Phi) is 6.58. The van der Waals surface area contributed by atoms with Gasteiger partial charge in [0.2, 0.25) is 11.8 Å². The third-order valence-corrected chi connectivity index (χ3v) is 6.27. The van der Waals surface area contributed by atoms with E-state index in [4.69, 9.17) is 11.1 Å². The Morgan fingerprint density at radius 1 is 1.15 bits per heavy atom. The van der Waals surface area contributed by atoms with Gasteiger partial charge in [0.05, 0.1) is 12.1 Å². The van der Waals surface area contributed by atoms with Gasteiger partial charge >= 0.3 is 5.91 Å². The Hall–Kier alpha value is -3.82. The van der Waals surface area contributed by atoms with E-state index in [-0.39, 0.29) is 36.0 Å². The van der Waals surface area contributed by atoms with Crippen LogP contribution in [0.5, 0.6) is 0 Å². The molecular formula is C24H26F2N5O3+. The maximum absolute atomic E-state index is 14.0. The molecule has 2 aliphatic rings. The van der Waals surface area contributed by atoms with Gasteiger partial charge < -0.3 is 21.3 Å². The molecule has 178 valence electrons. The van der Waals surface area contributed by atoms with E-state index in [1.54, 1.807) is 24.3 Å². The zero-order valence-electron chi connectivity index (χ0n) is 18.4. The maximum atomic E-state index is 14.0. The molecular weight excluding hydrogens is 444 g/mol. The molecule has 0 aromatic heterocycles. The van der Waals surface area contributed by atoms with Crippen LogP contribution in [-0.2, 0) is 14.4 Å². The quantitative estimate of drug-likeness (QED) is 0.407. The van der Waals surface area contributed by atoms with Crippen LogP contribution in [-0.4, -0.2) is 53.5 Å². The van der Waals surface area contributed by atoms with Crippen molar-refractivity contribution in [3.63, 3.8) is 0 Å². The molecule has 0 bridgehead atoms. The lowest BCUT2D eigenvalue weighted by molar-refractivity contribution is -0.137. The van der Waals surface area contributed by atoms with Crippen LogP contribution in [0.2, 0.25) is 0 Å². The fourth-order valence-electron chi connectivity index (χ4n) is 4.39. The molecule has 8 nitrogen and oxygen atoms in total. The van der Waals surface area contributed by atoms with Crippen LogP contribution < -0.4 is 21.8 Å². The van der Waals surface area contributed by atoms with Crippen LogP contribution >= 0.6 is 0 Å². The molecule has 1 saturated carbocycles. The topological polar surface area (TPSA) is 130 Å². The molecule has 1 heterocycles. The number of benzene rings is 2. The van der Waals surface area contributed by atoms with Crippen molar-refractivity contribution in [1.82, 2.24) is 10.2 Å². The number of amides is 3. The van der Waals surface area contributed by atoms with Crippen molar-refractivity contribution in [2.45, 2.75) is 37.3 Å². The molecule has 1 saturated heterocycles. The summed E-state index contributed by atoms with van der Waals surface area (Å²) >= 11 is 0. The fraction of sp³-hybridized carbons (Fsp3) is 0.333. The minimum Gasteiger partial charge on any atom is -0.375 e. The number of carbonyl (C=O) groups excluding carboxylic acids is 3. The van der Waals surface area contributed by atoms with Gasteiger partial charge in [-0.15, -0.1) is 0 Å². The Bertz CT molecular complexity index is 1160. The van der Waals surface area contributed by atoms with Gasteiger partial charge in [-0.25, -0.2) is 14.2 Å². The summed E-state index contributed by atoms with van der Waals surface area (Å²) in [7, 11) is 0. The van der Waals surface area contributed by atoms with Crippen LogP contribution in [0.3, 0.4) is 0 Å². The number of hydrogen-bond acceptors (Lipinski definition) is 4. The zero-order valence-corrected chi connectivity index (χ0v) is 18.4. The van der Waals surface area contributed by atoms with Crippen LogP contribution in [0, 0.1) is 11.6 Å². The maximum Gasteiger partial charge on any atom is 0.313 e. The summed E-state index contributed by atoms with van der Waals surface area (Å²) in [6.07, 6.45) is 1.77. The van der Waals surface area contributed by atoms with E-state index >= 15 is 0 Å². The highest BCUT2D eigenvalue weighted by atomic mass is 19.1. The van der Waals surface area contributed by atoms with E-state index in [1.165, 1.54) is 17.0 Å². The molecule has 3 atom stereocenters. The number of likely N-dealkylation sites (tertiary alicyclic amines) is 1. The molecule has 4 rings (SSSR count). The predicted octanol–water partition coefficient (Wildman–Crippen LogP) is 0.0735. The van der Waals surface area contributed by atoms with E-state index < -0.39 is 23.6 Å². The summed E-state index contributed by atoms with van der Waals surface area (Å²) in [6, 6.07) is 9.29. The molecule has 34 heavy (non-hydrogen) atoms. The first-order chi connectivity index (χ1) is 16.3. The third kappa shape index (κ3) is 4.90. The molecule has 2 unspecified atom stereocenters. The van der Waals surface area contributed by atoms with Gasteiger partial charge in [0.25, 0.3) is 5.71 Å². The first-order valence-electron chi connectivity index (χ1n) is 11.1. The third-order valence-electron chi connectivity index (χ3n) is 6.27. The summed E-state index contributed by atoms with van der Waals surface area (Å²) in [6.45, 7) is 0.343. The summed E-state index contributed by atoms with van der Waals surface area (Å²) < 4.78 is 27.2. The molecule has 10 heteroatoms. The van der Waals surface area contributed by atoms with Gasteiger partial charge in [-0.1, -0.05) is 18.2 Å². The van der Waals surface area contributed by atoms with Gasteiger partial charge in [-0.05, 0) is 43.0 Å².